The molecule has 0 bridgehead atoms. The fourth-order valence-electron chi connectivity index (χ4n) is 2.37. The van der Waals surface area contributed by atoms with Crippen LogP contribution in [0.3, 0.4) is 0 Å². The molecule has 106 valence electrons. The number of carbonyl (C=O) groups is 1. The summed E-state index contributed by atoms with van der Waals surface area (Å²) in [5.74, 6) is 1.26. The molecule has 21 heavy (non-hydrogen) atoms. The smallest absolute Gasteiger partial charge is 0.317 e. The monoisotopic (exact) mass is 281 g/mol. The first kappa shape index (κ1) is 13.0. The predicted octanol–water partition coefficient (Wildman–Crippen LogP) is 2.63. The molecule has 2 heterocycles. The van der Waals surface area contributed by atoms with Gasteiger partial charge in [0.05, 0.1) is 23.3 Å². The summed E-state index contributed by atoms with van der Waals surface area (Å²) in [6.07, 6.45) is 1.67. The highest BCUT2D eigenvalue weighted by Crippen LogP contribution is 2.44. The minimum absolute atomic E-state index is 0.415. The molecule has 6 nitrogen and oxygen atoms in total. The van der Waals surface area contributed by atoms with Crippen LogP contribution in [-0.4, -0.2) is 18.1 Å². The molecule has 0 radical (unpaired) electrons. The molecule has 1 aliphatic rings. The van der Waals surface area contributed by atoms with E-state index in [-0.39, 0.29) is 0 Å². The van der Waals surface area contributed by atoms with E-state index in [4.69, 9.17) is 5.73 Å². The van der Waals surface area contributed by atoms with Gasteiger partial charge in [0, 0.05) is 7.05 Å². The molecule has 0 saturated carbocycles. The van der Waals surface area contributed by atoms with E-state index in [9.17, 15) is 4.79 Å². The molecule has 3 N–H and O–H groups in total. The quantitative estimate of drug-likeness (QED) is 0.887. The lowest BCUT2D eigenvalue weighted by Crippen LogP contribution is -2.21. The number of carbonyl (C=O) groups excluding carboxylic acids is 1. The van der Waals surface area contributed by atoms with Crippen LogP contribution in [0.1, 0.15) is 0 Å². The van der Waals surface area contributed by atoms with Crippen molar-refractivity contribution in [1.29, 1.82) is 0 Å². The van der Waals surface area contributed by atoms with Gasteiger partial charge in [-0.15, -0.1) is 0 Å². The van der Waals surface area contributed by atoms with E-state index < -0.39 is 6.03 Å². The van der Waals surface area contributed by atoms with Gasteiger partial charge in [-0.05, 0) is 24.3 Å². The average molecular weight is 281 g/mol. The zero-order valence-corrected chi connectivity index (χ0v) is 11.6. The molecule has 0 aliphatic carbocycles. The van der Waals surface area contributed by atoms with Crippen LogP contribution in [0.2, 0.25) is 0 Å². The summed E-state index contributed by atoms with van der Waals surface area (Å²) in [4.78, 5) is 19.0. The maximum Gasteiger partial charge on any atom is 0.317 e. The van der Waals surface area contributed by atoms with Gasteiger partial charge in [0.2, 0.25) is 0 Å². The number of anilines is 4. The van der Waals surface area contributed by atoms with Gasteiger partial charge < -0.3 is 10.6 Å². The Balaban J connectivity index is 1.97. The number of hydrogen-bond acceptors (Lipinski definition) is 4. The fourth-order valence-corrected chi connectivity index (χ4v) is 2.37. The molecule has 0 spiro atoms. The van der Waals surface area contributed by atoms with Crippen molar-refractivity contribution in [2.24, 2.45) is 5.73 Å². The fraction of sp³-hybridized carbons (Fsp3) is 0.0667. The SMILES string of the molecule is C=C1N(C)c2ccccc2N1c1ccc(NC(N)=O)nc1. The van der Waals surface area contributed by atoms with Gasteiger partial charge in [-0.2, -0.15) is 0 Å². The number of primary amides is 1. The molecule has 0 atom stereocenters. The van der Waals surface area contributed by atoms with Crippen LogP contribution >= 0.6 is 0 Å². The molecule has 6 heteroatoms. The van der Waals surface area contributed by atoms with E-state index in [0.717, 1.165) is 22.9 Å². The third-order valence-electron chi connectivity index (χ3n) is 3.39. The van der Waals surface area contributed by atoms with E-state index in [1.807, 2.05) is 47.2 Å². The Morgan fingerprint density at radius 2 is 1.95 bits per heavy atom. The lowest BCUT2D eigenvalue weighted by atomic mass is 10.2. The van der Waals surface area contributed by atoms with E-state index in [1.165, 1.54) is 0 Å². The lowest BCUT2D eigenvalue weighted by Gasteiger charge is -2.21. The second kappa shape index (κ2) is 4.82. The number of para-hydroxylation sites is 2. The van der Waals surface area contributed by atoms with Crippen molar-refractivity contribution in [3.8, 4) is 0 Å². The first-order chi connectivity index (χ1) is 10.1. The van der Waals surface area contributed by atoms with Crippen molar-refractivity contribution in [1.82, 2.24) is 4.98 Å². The highest BCUT2D eigenvalue weighted by Gasteiger charge is 2.28. The van der Waals surface area contributed by atoms with Crippen LogP contribution in [0.5, 0.6) is 0 Å². The van der Waals surface area contributed by atoms with E-state index in [0.29, 0.717) is 5.82 Å². The Morgan fingerprint density at radius 1 is 1.24 bits per heavy atom. The second-order valence-electron chi connectivity index (χ2n) is 4.69. The van der Waals surface area contributed by atoms with Crippen molar-refractivity contribution in [2.45, 2.75) is 0 Å². The number of nitrogens with one attached hydrogen (secondary N) is 1. The van der Waals surface area contributed by atoms with E-state index in [2.05, 4.69) is 16.9 Å². The minimum Gasteiger partial charge on any atom is -0.351 e. The molecular formula is C15H15N5O. The molecule has 1 aliphatic heterocycles. The van der Waals surface area contributed by atoms with Crippen LogP contribution in [0, 0.1) is 0 Å². The predicted molar refractivity (Wildman–Crippen MR) is 83.6 cm³/mol. The summed E-state index contributed by atoms with van der Waals surface area (Å²) in [5, 5.41) is 2.44. The second-order valence-corrected chi connectivity index (χ2v) is 4.69. The van der Waals surface area contributed by atoms with Crippen LogP contribution in [0.4, 0.5) is 27.7 Å². The highest BCUT2D eigenvalue weighted by atomic mass is 16.2. The van der Waals surface area contributed by atoms with Gasteiger partial charge in [-0.3, -0.25) is 10.2 Å². The Kier molecular flexibility index (Phi) is 2.98. The van der Waals surface area contributed by atoms with Gasteiger partial charge in [-0.25, -0.2) is 9.78 Å². The van der Waals surface area contributed by atoms with Crippen LogP contribution < -0.4 is 20.9 Å². The normalized spacial score (nSPS) is 13.3. The van der Waals surface area contributed by atoms with Crippen LogP contribution in [0.25, 0.3) is 0 Å². The molecule has 2 amide bonds. The molecule has 1 aromatic heterocycles. The number of urea groups is 1. The Hall–Kier alpha value is -3.02. The largest absolute Gasteiger partial charge is 0.351 e. The van der Waals surface area contributed by atoms with Crippen molar-refractivity contribution in [2.75, 3.05) is 22.2 Å². The van der Waals surface area contributed by atoms with Gasteiger partial charge in [-0.1, -0.05) is 18.7 Å². The number of rotatable bonds is 2. The zero-order valence-electron chi connectivity index (χ0n) is 11.6. The standard InChI is InChI=1S/C15H15N5O/c1-10-19(2)12-5-3-4-6-13(12)20(10)11-7-8-14(17-9-11)18-15(16)21/h3-9H,1H2,2H3,(H3,16,17,18,21). The minimum atomic E-state index is -0.633. The van der Waals surface area contributed by atoms with Crippen molar-refractivity contribution < 1.29 is 4.79 Å². The number of fused-ring (bicyclic) bond motifs is 1. The summed E-state index contributed by atoms with van der Waals surface area (Å²) in [5.41, 5.74) is 8.06. The summed E-state index contributed by atoms with van der Waals surface area (Å²) in [6, 6.07) is 11.0. The molecular weight excluding hydrogens is 266 g/mol. The molecule has 1 aromatic carbocycles. The number of hydrogen-bond donors (Lipinski definition) is 2. The highest BCUT2D eigenvalue weighted by molar-refractivity contribution is 5.89. The maximum atomic E-state index is 10.8. The number of pyridine rings is 1. The zero-order chi connectivity index (χ0) is 15.0. The van der Waals surface area contributed by atoms with E-state index >= 15 is 0 Å². The van der Waals surface area contributed by atoms with Gasteiger partial charge in [0.15, 0.2) is 0 Å². The van der Waals surface area contributed by atoms with Crippen molar-refractivity contribution in [3.05, 3.63) is 55.0 Å². The Labute approximate surface area is 122 Å². The number of nitrogens with two attached hydrogens (primary N) is 1. The number of nitrogens with zero attached hydrogens (tertiary/aromatic N) is 3. The van der Waals surface area contributed by atoms with E-state index in [1.54, 1.807) is 12.3 Å². The first-order valence-corrected chi connectivity index (χ1v) is 6.42. The summed E-state index contributed by atoms with van der Waals surface area (Å²) < 4.78 is 0. The molecule has 3 rings (SSSR count). The Morgan fingerprint density at radius 3 is 2.57 bits per heavy atom. The third-order valence-corrected chi connectivity index (χ3v) is 3.39. The Bertz CT molecular complexity index is 710. The van der Waals surface area contributed by atoms with Gasteiger partial charge in [0.1, 0.15) is 11.6 Å². The number of aromatic nitrogens is 1. The molecule has 0 saturated heterocycles. The van der Waals surface area contributed by atoms with Gasteiger partial charge in [0.25, 0.3) is 0 Å². The average Bonchev–Trinajstić information content (AvgIpc) is 2.72. The summed E-state index contributed by atoms with van der Waals surface area (Å²) >= 11 is 0. The number of benzene rings is 1. The van der Waals surface area contributed by atoms with Crippen molar-refractivity contribution >= 4 is 28.9 Å². The topological polar surface area (TPSA) is 74.5 Å². The summed E-state index contributed by atoms with van der Waals surface area (Å²) in [7, 11) is 1.97. The molecule has 0 unspecified atom stereocenters. The van der Waals surface area contributed by atoms with Crippen LogP contribution in [-0.2, 0) is 0 Å². The third kappa shape index (κ3) is 2.16. The molecule has 0 fully saturated rings. The molecule has 2 aromatic rings. The lowest BCUT2D eigenvalue weighted by molar-refractivity contribution is 0.259. The van der Waals surface area contributed by atoms with Crippen LogP contribution in [0.15, 0.2) is 55.0 Å². The number of amides is 2. The maximum absolute atomic E-state index is 10.8. The van der Waals surface area contributed by atoms with Crippen molar-refractivity contribution in [3.63, 3.8) is 0 Å². The summed E-state index contributed by atoms with van der Waals surface area (Å²) in [6.45, 7) is 4.11. The first-order valence-electron chi connectivity index (χ1n) is 6.42. The van der Waals surface area contributed by atoms with Gasteiger partial charge >= 0.3 is 6.03 Å².